The number of rotatable bonds is 7. The van der Waals surface area contributed by atoms with Crippen molar-refractivity contribution in [2.24, 2.45) is 0 Å². The fraction of sp³-hybridized carbons (Fsp3) is 0.318. The zero-order valence-electron chi connectivity index (χ0n) is 16.6. The Bertz CT molecular complexity index is 1010. The van der Waals surface area contributed by atoms with Gasteiger partial charge >= 0.3 is 0 Å². The number of nitrogens with one attached hydrogen (secondary N) is 1. The number of nitrogens with zero attached hydrogens (tertiary/aromatic N) is 3. The Morgan fingerprint density at radius 1 is 1.18 bits per heavy atom. The molecule has 0 unspecified atom stereocenters. The summed E-state index contributed by atoms with van der Waals surface area (Å²) in [4.78, 5) is 31.9. The third-order valence-electron chi connectivity index (χ3n) is 4.71. The number of hydrogen-bond donors (Lipinski definition) is 1. The number of hydrogen-bond acceptors (Lipinski definition) is 4. The number of aromatic nitrogens is 2. The van der Waals surface area contributed by atoms with E-state index in [9.17, 15) is 9.59 Å². The van der Waals surface area contributed by atoms with E-state index in [2.05, 4.69) is 27.3 Å². The van der Waals surface area contributed by atoms with Gasteiger partial charge in [0.2, 0.25) is 0 Å². The lowest BCUT2D eigenvalue weighted by Crippen LogP contribution is -2.35. The Balaban J connectivity index is 1.68. The second-order valence-corrected chi connectivity index (χ2v) is 7.11. The molecule has 0 radical (unpaired) electrons. The van der Waals surface area contributed by atoms with Crippen molar-refractivity contribution in [1.29, 1.82) is 0 Å². The predicted molar refractivity (Wildman–Crippen MR) is 113 cm³/mol. The number of pyridine rings is 2. The smallest absolute Gasteiger partial charge is 0.265 e. The van der Waals surface area contributed by atoms with Crippen LogP contribution in [-0.4, -0.2) is 35.6 Å². The van der Waals surface area contributed by atoms with Crippen molar-refractivity contribution in [2.45, 2.75) is 26.3 Å². The summed E-state index contributed by atoms with van der Waals surface area (Å²) < 4.78 is 1.58. The van der Waals surface area contributed by atoms with Crippen LogP contribution in [-0.2, 0) is 0 Å². The van der Waals surface area contributed by atoms with Crippen molar-refractivity contribution in [3.05, 3.63) is 70.6 Å². The molecule has 2 aromatic heterocycles. The van der Waals surface area contributed by atoms with Crippen LogP contribution in [0.25, 0.3) is 11.0 Å². The van der Waals surface area contributed by atoms with E-state index < -0.39 is 0 Å². The molecule has 2 heterocycles. The second-order valence-electron chi connectivity index (χ2n) is 7.11. The first-order valence-corrected chi connectivity index (χ1v) is 9.53. The Hall–Kier alpha value is -3.15. The molecule has 0 saturated heterocycles. The number of fused-ring (bicyclic) bond motifs is 1. The van der Waals surface area contributed by atoms with Crippen LogP contribution in [0.3, 0.4) is 0 Å². The summed E-state index contributed by atoms with van der Waals surface area (Å²) in [6.45, 7) is 5.14. The second kappa shape index (κ2) is 8.69. The molecule has 28 heavy (non-hydrogen) atoms. The molecule has 0 aliphatic heterocycles. The minimum atomic E-state index is -0.340. The lowest BCUT2D eigenvalue weighted by molar-refractivity contribution is 0.0951. The van der Waals surface area contributed by atoms with Crippen LogP contribution in [0.4, 0.5) is 5.69 Å². The standard InChI is InChI=1S/C22H26N4O2/c1-16(2)26-20-17(9-7-12-23-20)15-19(22(26)28)21(27)24-13-8-14-25(3)18-10-5-4-6-11-18/h4-7,9-12,15-16H,8,13-14H2,1-3H3,(H,24,27). The molecule has 1 aromatic carbocycles. The molecule has 0 bridgehead atoms. The summed E-state index contributed by atoms with van der Waals surface area (Å²) in [6.07, 6.45) is 2.44. The topological polar surface area (TPSA) is 67.2 Å². The molecule has 3 aromatic rings. The monoisotopic (exact) mass is 378 g/mol. The van der Waals surface area contributed by atoms with Crippen molar-refractivity contribution in [3.63, 3.8) is 0 Å². The highest BCUT2D eigenvalue weighted by molar-refractivity contribution is 5.96. The van der Waals surface area contributed by atoms with Crippen molar-refractivity contribution in [3.8, 4) is 0 Å². The summed E-state index contributed by atoms with van der Waals surface area (Å²) in [5.41, 5.74) is 1.59. The quantitative estimate of drug-likeness (QED) is 0.641. The average Bonchev–Trinajstić information content (AvgIpc) is 2.70. The number of amides is 1. The average molecular weight is 378 g/mol. The Morgan fingerprint density at radius 3 is 2.64 bits per heavy atom. The molecule has 0 atom stereocenters. The number of para-hydroxylation sites is 1. The first-order valence-electron chi connectivity index (χ1n) is 9.53. The maximum absolute atomic E-state index is 12.8. The summed E-state index contributed by atoms with van der Waals surface area (Å²) in [7, 11) is 2.02. The zero-order chi connectivity index (χ0) is 20.1. The van der Waals surface area contributed by atoms with Crippen LogP contribution in [0.1, 0.15) is 36.7 Å². The maximum atomic E-state index is 12.8. The van der Waals surface area contributed by atoms with Crippen LogP contribution in [0, 0.1) is 0 Å². The third-order valence-corrected chi connectivity index (χ3v) is 4.71. The van der Waals surface area contributed by atoms with E-state index in [1.807, 2.05) is 45.2 Å². The Labute approximate surface area is 164 Å². The molecule has 0 spiro atoms. The highest BCUT2D eigenvalue weighted by Crippen LogP contribution is 2.15. The van der Waals surface area contributed by atoms with Gasteiger partial charge in [0.05, 0.1) is 0 Å². The molecule has 0 fully saturated rings. The first-order chi connectivity index (χ1) is 13.5. The van der Waals surface area contributed by atoms with Gasteiger partial charge in [0.15, 0.2) is 0 Å². The first kappa shape index (κ1) is 19.6. The van der Waals surface area contributed by atoms with Gasteiger partial charge in [-0.2, -0.15) is 0 Å². The molecular formula is C22H26N4O2. The summed E-state index contributed by atoms with van der Waals surface area (Å²) in [5, 5.41) is 3.66. The van der Waals surface area contributed by atoms with Gasteiger partial charge in [-0.15, -0.1) is 0 Å². The van der Waals surface area contributed by atoms with E-state index in [1.165, 1.54) is 0 Å². The SMILES string of the molecule is CC(C)n1c(=O)c(C(=O)NCCCN(C)c2ccccc2)cc2cccnc21. The molecule has 0 saturated carbocycles. The van der Waals surface area contributed by atoms with Gasteiger partial charge in [-0.1, -0.05) is 18.2 Å². The number of carbonyl (C=O) groups excluding carboxylic acids is 1. The molecule has 6 heteroatoms. The third kappa shape index (κ3) is 4.22. The van der Waals surface area contributed by atoms with Crippen LogP contribution in [0.5, 0.6) is 0 Å². The fourth-order valence-electron chi connectivity index (χ4n) is 3.23. The van der Waals surface area contributed by atoms with Gasteiger partial charge in [-0.3, -0.25) is 14.2 Å². The van der Waals surface area contributed by atoms with Crippen molar-refractivity contribution >= 4 is 22.6 Å². The molecule has 1 N–H and O–H groups in total. The van der Waals surface area contributed by atoms with E-state index in [0.29, 0.717) is 12.2 Å². The highest BCUT2D eigenvalue weighted by atomic mass is 16.2. The van der Waals surface area contributed by atoms with Gasteiger partial charge < -0.3 is 10.2 Å². The molecule has 1 amide bonds. The lowest BCUT2D eigenvalue weighted by Gasteiger charge is -2.19. The Kier molecular flexibility index (Phi) is 6.09. The summed E-state index contributed by atoms with van der Waals surface area (Å²) >= 11 is 0. The molecular weight excluding hydrogens is 352 g/mol. The number of benzene rings is 1. The minimum Gasteiger partial charge on any atom is -0.375 e. The number of anilines is 1. The van der Waals surface area contributed by atoms with E-state index >= 15 is 0 Å². The molecule has 0 aliphatic rings. The lowest BCUT2D eigenvalue weighted by atomic mass is 10.1. The molecule has 6 nitrogen and oxygen atoms in total. The number of carbonyl (C=O) groups is 1. The maximum Gasteiger partial charge on any atom is 0.265 e. The minimum absolute atomic E-state index is 0.0860. The zero-order valence-corrected chi connectivity index (χ0v) is 16.6. The largest absolute Gasteiger partial charge is 0.375 e. The van der Waals surface area contributed by atoms with E-state index in [-0.39, 0.29) is 23.1 Å². The predicted octanol–water partition coefficient (Wildman–Crippen LogP) is 3.23. The van der Waals surface area contributed by atoms with Crippen molar-refractivity contribution in [1.82, 2.24) is 14.9 Å². The molecule has 146 valence electrons. The van der Waals surface area contributed by atoms with Gasteiger partial charge in [0.25, 0.3) is 11.5 Å². The van der Waals surface area contributed by atoms with Crippen molar-refractivity contribution < 1.29 is 4.79 Å². The highest BCUT2D eigenvalue weighted by Gasteiger charge is 2.17. The van der Waals surface area contributed by atoms with Crippen LogP contribution >= 0.6 is 0 Å². The van der Waals surface area contributed by atoms with E-state index in [1.54, 1.807) is 22.9 Å². The van der Waals surface area contributed by atoms with Crippen LogP contribution < -0.4 is 15.8 Å². The van der Waals surface area contributed by atoms with Crippen LogP contribution in [0.15, 0.2) is 59.5 Å². The van der Waals surface area contributed by atoms with Gasteiger partial charge in [-0.05, 0) is 50.6 Å². The molecule has 0 aliphatic carbocycles. The summed E-state index contributed by atoms with van der Waals surface area (Å²) in [5.74, 6) is -0.340. The van der Waals surface area contributed by atoms with Crippen LogP contribution in [0.2, 0.25) is 0 Å². The fourth-order valence-corrected chi connectivity index (χ4v) is 3.23. The summed E-state index contributed by atoms with van der Waals surface area (Å²) in [6, 6.07) is 15.3. The van der Waals surface area contributed by atoms with Gasteiger partial charge in [0, 0.05) is 43.4 Å². The molecule has 3 rings (SSSR count). The van der Waals surface area contributed by atoms with E-state index in [4.69, 9.17) is 0 Å². The normalized spacial score (nSPS) is 11.0. The Morgan fingerprint density at radius 2 is 1.93 bits per heavy atom. The van der Waals surface area contributed by atoms with Gasteiger partial charge in [0.1, 0.15) is 11.2 Å². The van der Waals surface area contributed by atoms with Gasteiger partial charge in [-0.25, -0.2) is 4.98 Å². The van der Waals surface area contributed by atoms with Crippen molar-refractivity contribution in [2.75, 3.05) is 25.0 Å². The van der Waals surface area contributed by atoms with E-state index in [0.717, 1.165) is 24.0 Å².